The van der Waals surface area contributed by atoms with Crippen LogP contribution in [0.15, 0.2) is 0 Å². The van der Waals surface area contributed by atoms with Gasteiger partial charge < -0.3 is 0 Å². The van der Waals surface area contributed by atoms with Gasteiger partial charge in [0.1, 0.15) is 0 Å². The van der Waals surface area contributed by atoms with Crippen LogP contribution in [0.2, 0.25) is 0 Å². The van der Waals surface area contributed by atoms with Crippen LogP contribution in [0.5, 0.6) is 0 Å². The van der Waals surface area contributed by atoms with Gasteiger partial charge in [-0.2, -0.15) is 0 Å². The van der Waals surface area contributed by atoms with E-state index in [0.29, 0.717) is 0 Å². The maximum atomic E-state index is 3.80. The van der Waals surface area contributed by atoms with Crippen LogP contribution in [-0.2, 0) is 0 Å². The molecule has 2 heteroatoms. The molecule has 5 aliphatic rings. The van der Waals surface area contributed by atoms with Crippen molar-refractivity contribution < 1.29 is 0 Å². The number of rotatable bonds is 7. The van der Waals surface area contributed by atoms with Crippen molar-refractivity contribution in [1.82, 2.24) is 0 Å². The molecule has 0 aromatic heterocycles. The van der Waals surface area contributed by atoms with Gasteiger partial charge in [0.15, 0.2) is 0 Å². The van der Waals surface area contributed by atoms with Crippen LogP contribution in [-0.4, -0.2) is 28.3 Å². The summed E-state index contributed by atoms with van der Waals surface area (Å²) in [6.07, 6.45) is 41.0. The average molecular weight is 483 g/mol. The van der Waals surface area contributed by atoms with Gasteiger partial charge in [-0.3, -0.25) is 0 Å². The van der Waals surface area contributed by atoms with Crippen LogP contribution in [0.1, 0.15) is 135 Å². The third kappa shape index (κ3) is 6.23. The van der Waals surface area contributed by atoms with Crippen LogP contribution in [0.25, 0.3) is 0 Å². The lowest BCUT2D eigenvalue weighted by molar-refractivity contribution is 0.481. The molecule has 0 spiro atoms. The topological polar surface area (TPSA) is 0 Å². The Morgan fingerprint density at radius 2 is 0.939 bits per heavy atom. The molecule has 33 heavy (non-hydrogen) atoms. The Balaban J connectivity index is 1.37. The summed E-state index contributed by atoms with van der Waals surface area (Å²) in [7, 11) is -0.0211. The molecule has 0 saturated heterocycles. The second kappa shape index (κ2) is 12.9. The zero-order chi connectivity index (χ0) is 22.5. The maximum absolute atomic E-state index is 3.80. The summed E-state index contributed by atoms with van der Waals surface area (Å²) in [4.78, 5) is 0. The third-order valence-electron chi connectivity index (χ3n) is 9.69. The van der Waals surface area contributed by atoms with Crippen LogP contribution in [0.4, 0.5) is 0 Å². The quantitative estimate of drug-likeness (QED) is 0.317. The van der Waals surface area contributed by atoms with Gasteiger partial charge in [-0.25, -0.2) is 0 Å². The van der Waals surface area contributed by atoms with Crippen molar-refractivity contribution in [1.29, 1.82) is 0 Å². The Kier molecular flexibility index (Phi) is 9.97. The van der Waals surface area contributed by atoms with Gasteiger partial charge in [-0.1, -0.05) is 99.8 Å². The third-order valence-corrected chi connectivity index (χ3v) is 17.0. The van der Waals surface area contributed by atoms with Gasteiger partial charge in [-0.15, -0.1) is 0 Å². The van der Waals surface area contributed by atoms with Crippen molar-refractivity contribution in [2.75, 3.05) is 0 Å². The average Bonchev–Trinajstić information content (AvgIpc) is 3.36. The molecule has 0 unspecified atom stereocenters. The first-order valence-corrected chi connectivity index (χ1v) is 17.9. The van der Waals surface area contributed by atoms with Gasteiger partial charge in [0.05, 0.1) is 0 Å². The first kappa shape index (κ1) is 25.5. The summed E-state index contributed by atoms with van der Waals surface area (Å²) in [6.45, 7) is 2.65. The molecule has 5 fully saturated rings. The first-order valence-electron chi connectivity index (χ1n) is 14.9. The molecule has 0 aromatic rings. The number of hydrogen-bond acceptors (Lipinski definition) is 0. The van der Waals surface area contributed by atoms with Gasteiger partial charge in [-0.05, 0) is 79.7 Å². The fraction of sp³-hybridized carbons (Fsp3) is 0.839. The maximum Gasteiger partial charge on any atom is 0.0167 e. The molecular weight excluding hydrogens is 434 g/mol. The molecule has 5 rings (SSSR count). The molecule has 5 aliphatic carbocycles. The SMILES string of the molecule is C[C@@H]([C]1[C][C][C][C]1P(C1CCCCC1)C1CCCCC1)P(C1CCCCC1)C1CCCCC1. The van der Waals surface area contributed by atoms with Crippen molar-refractivity contribution in [2.45, 2.75) is 164 Å². The summed E-state index contributed by atoms with van der Waals surface area (Å²) < 4.78 is 0. The predicted molar refractivity (Wildman–Crippen MR) is 147 cm³/mol. The highest BCUT2D eigenvalue weighted by Gasteiger charge is 2.48. The minimum atomic E-state index is -0.0756. The normalized spacial score (nSPS) is 29.9. The summed E-state index contributed by atoms with van der Waals surface area (Å²) in [5.41, 5.74) is 6.42. The Labute approximate surface area is 210 Å². The van der Waals surface area contributed by atoms with Gasteiger partial charge in [0.2, 0.25) is 0 Å². The zero-order valence-corrected chi connectivity index (χ0v) is 23.2. The fourth-order valence-corrected chi connectivity index (χ4v) is 16.3. The van der Waals surface area contributed by atoms with Crippen molar-refractivity contribution in [2.24, 2.45) is 0 Å². The summed E-state index contributed by atoms with van der Waals surface area (Å²) in [6, 6.07) is 0. The van der Waals surface area contributed by atoms with E-state index in [9.17, 15) is 0 Å². The molecule has 0 aromatic carbocycles. The van der Waals surface area contributed by atoms with Crippen molar-refractivity contribution in [3.63, 3.8) is 0 Å². The largest absolute Gasteiger partial charge is 0.0968 e. The predicted octanol–water partition coefficient (Wildman–Crippen LogP) is 10.0. The van der Waals surface area contributed by atoms with Gasteiger partial charge in [0, 0.05) is 30.8 Å². The Bertz CT molecular complexity index is 515. The summed E-state index contributed by atoms with van der Waals surface area (Å²) in [5.74, 6) is 1.64. The van der Waals surface area contributed by atoms with Gasteiger partial charge >= 0.3 is 0 Å². The van der Waals surface area contributed by atoms with E-state index < -0.39 is 0 Å². The van der Waals surface area contributed by atoms with Crippen LogP contribution < -0.4 is 0 Å². The standard InChI is InChI=1S/C31H48P2/c1-25(32(26-15-6-2-7-16-26)27-17-8-3-9-18-27)30-23-14-24-31(30)33(28-19-10-4-11-20-28)29-21-12-5-13-22-29/h25-29H,2-13,15-22H2,1H3/t25-/m0/s1. The van der Waals surface area contributed by atoms with E-state index >= 15 is 0 Å². The van der Waals surface area contributed by atoms with E-state index in [1.165, 1.54) is 128 Å². The van der Waals surface area contributed by atoms with E-state index in [1.54, 1.807) is 11.6 Å². The van der Waals surface area contributed by atoms with Crippen molar-refractivity contribution in [3.8, 4) is 0 Å². The highest BCUT2D eigenvalue weighted by Crippen LogP contribution is 2.71. The second-order valence-corrected chi connectivity index (χ2v) is 17.7. The van der Waals surface area contributed by atoms with E-state index in [2.05, 4.69) is 26.2 Å². The monoisotopic (exact) mass is 482 g/mol. The summed E-state index contributed by atoms with van der Waals surface area (Å²) >= 11 is 0. The number of hydrogen-bond donors (Lipinski definition) is 0. The lowest BCUT2D eigenvalue weighted by atomic mass is 9.99. The fourth-order valence-electron chi connectivity index (χ4n) is 8.01. The van der Waals surface area contributed by atoms with E-state index in [1.807, 2.05) is 0 Å². The minimum Gasteiger partial charge on any atom is -0.0968 e. The molecule has 0 aliphatic heterocycles. The Hall–Kier alpha value is 0.860. The molecule has 0 heterocycles. The molecule has 0 N–H and O–H groups in total. The van der Waals surface area contributed by atoms with E-state index in [-0.39, 0.29) is 15.8 Å². The highest BCUT2D eigenvalue weighted by molar-refractivity contribution is 7.63. The van der Waals surface area contributed by atoms with E-state index in [0.717, 1.165) is 28.3 Å². The first-order chi connectivity index (χ1) is 16.3. The van der Waals surface area contributed by atoms with Crippen LogP contribution in [0.3, 0.4) is 0 Å². The van der Waals surface area contributed by atoms with Crippen LogP contribution >= 0.6 is 15.8 Å². The molecule has 5 saturated carbocycles. The van der Waals surface area contributed by atoms with Crippen molar-refractivity contribution >= 4 is 15.8 Å². The molecule has 182 valence electrons. The Morgan fingerprint density at radius 3 is 1.36 bits per heavy atom. The molecule has 8 radical (unpaired) electrons. The highest BCUT2D eigenvalue weighted by atomic mass is 31.1. The molecule has 0 amide bonds. The van der Waals surface area contributed by atoms with E-state index in [4.69, 9.17) is 0 Å². The zero-order valence-electron chi connectivity index (χ0n) is 21.4. The minimum absolute atomic E-state index is 0.0545. The molecular formula is C31H48P2. The molecule has 0 nitrogen and oxygen atoms in total. The lowest BCUT2D eigenvalue weighted by Crippen LogP contribution is -2.31. The lowest BCUT2D eigenvalue weighted by Gasteiger charge is -2.48. The van der Waals surface area contributed by atoms with Crippen LogP contribution in [0, 0.1) is 30.8 Å². The second-order valence-electron chi connectivity index (χ2n) is 11.8. The Morgan fingerprint density at radius 1 is 0.545 bits per heavy atom. The molecule has 1 atom stereocenters. The smallest absolute Gasteiger partial charge is 0.0167 e. The molecule has 0 bridgehead atoms. The van der Waals surface area contributed by atoms with Crippen molar-refractivity contribution in [3.05, 3.63) is 30.8 Å². The van der Waals surface area contributed by atoms with Gasteiger partial charge in [0.25, 0.3) is 0 Å². The summed E-state index contributed by atoms with van der Waals surface area (Å²) in [5, 5.41) is 0.